The van der Waals surface area contributed by atoms with Crippen LogP contribution in [0.2, 0.25) is 0 Å². The summed E-state index contributed by atoms with van der Waals surface area (Å²) in [4.78, 5) is 4.71. The van der Waals surface area contributed by atoms with Crippen molar-refractivity contribution in [2.45, 2.75) is 17.1 Å². The zero-order chi connectivity index (χ0) is 16.3. The summed E-state index contributed by atoms with van der Waals surface area (Å²) in [5.74, 6) is 0. The monoisotopic (exact) mass is 346 g/mol. The Morgan fingerprint density at radius 2 is 1.65 bits per heavy atom. The molecule has 2 aromatic rings. The lowest BCUT2D eigenvalue weighted by atomic mass is 10.2. The summed E-state index contributed by atoms with van der Waals surface area (Å²) >= 11 is 1.49. The summed E-state index contributed by atoms with van der Waals surface area (Å²) < 4.78 is 27.0. The Morgan fingerprint density at radius 3 is 2.30 bits per heavy atom. The summed E-state index contributed by atoms with van der Waals surface area (Å²) in [6.07, 6.45) is 0. The van der Waals surface area contributed by atoms with Crippen LogP contribution in [0.3, 0.4) is 0 Å². The minimum atomic E-state index is -3.53. The van der Waals surface area contributed by atoms with Gasteiger partial charge in [0, 0.05) is 5.25 Å². The Kier molecular flexibility index (Phi) is 4.73. The molecule has 0 aromatic heterocycles. The van der Waals surface area contributed by atoms with Crippen LogP contribution in [0, 0.1) is 0 Å². The van der Waals surface area contributed by atoms with Gasteiger partial charge in [-0.1, -0.05) is 60.3 Å². The van der Waals surface area contributed by atoms with E-state index in [2.05, 4.69) is 11.9 Å². The molecule has 1 unspecified atom stereocenters. The molecular formula is C17H18N2O2S2. The third-order valence-corrected chi connectivity index (χ3v) is 6.75. The maximum absolute atomic E-state index is 12.8. The van der Waals surface area contributed by atoms with Crippen LogP contribution in [0.1, 0.15) is 17.7 Å². The van der Waals surface area contributed by atoms with Crippen LogP contribution < -0.4 is 0 Å². The Morgan fingerprint density at radius 1 is 1.04 bits per heavy atom. The van der Waals surface area contributed by atoms with Gasteiger partial charge in [0.05, 0.1) is 18.0 Å². The van der Waals surface area contributed by atoms with Crippen molar-refractivity contribution in [3.63, 3.8) is 0 Å². The van der Waals surface area contributed by atoms with Gasteiger partial charge < -0.3 is 0 Å². The van der Waals surface area contributed by atoms with Crippen molar-refractivity contribution in [1.82, 2.24) is 4.31 Å². The molecule has 2 aromatic carbocycles. The standard InChI is InChI=1S/C17H18N2O2S2/c1-14(15-8-4-2-5-9-15)22-17-18-12-13-19(17)23(20,21)16-10-6-3-7-11-16/h2-11,14H,12-13H2,1H3. The van der Waals surface area contributed by atoms with Gasteiger partial charge in [0.25, 0.3) is 10.0 Å². The zero-order valence-electron chi connectivity index (χ0n) is 12.8. The molecule has 23 heavy (non-hydrogen) atoms. The molecule has 0 spiro atoms. The van der Waals surface area contributed by atoms with Gasteiger partial charge in [-0.2, -0.15) is 0 Å². The lowest BCUT2D eigenvalue weighted by Crippen LogP contribution is -2.33. The van der Waals surface area contributed by atoms with Crippen molar-refractivity contribution in [2.24, 2.45) is 4.99 Å². The number of thioether (sulfide) groups is 1. The van der Waals surface area contributed by atoms with Gasteiger partial charge in [-0.15, -0.1) is 0 Å². The average Bonchev–Trinajstić information content (AvgIpc) is 3.05. The fraction of sp³-hybridized carbons (Fsp3) is 0.235. The molecule has 3 rings (SSSR count). The van der Waals surface area contributed by atoms with Crippen molar-refractivity contribution in [1.29, 1.82) is 0 Å². The highest BCUT2D eigenvalue weighted by atomic mass is 32.2. The molecule has 0 fully saturated rings. The highest BCUT2D eigenvalue weighted by Crippen LogP contribution is 2.33. The zero-order valence-corrected chi connectivity index (χ0v) is 14.4. The molecule has 120 valence electrons. The van der Waals surface area contributed by atoms with E-state index in [-0.39, 0.29) is 5.25 Å². The van der Waals surface area contributed by atoms with E-state index in [1.54, 1.807) is 24.3 Å². The van der Waals surface area contributed by atoms with Gasteiger partial charge in [0.15, 0.2) is 5.17 Å². The Balaban J connectivity index is 1.81. The summed E-state index contributed by atoms with van der Waals surface area (Å²) in [6, 6.07) is 18.6. The van der Waals surface area contributed by atoms with E-state index in [0.29, 0.717) is 23.2 Å². The molecule has 0 aliphatic carbocycles. The number of sulfonamides is 1. The number of hydrogen-bond acceptors (Lipinski definition) is 4. The molecule has 6 heteroatoms. The number of hydrogen-bond donors (Lipinski definition) is 0. The molecule has 1 heterocycles. The van der Waals surface area contributed by atoms with Crippen LogP contribution in [0.4, 0.5) is 0 Å². The van der Waals surface area contributed by atoms with Gasteiger partial charge in [-0.05, 0) is 24.6 Å². The fourth-order valence-corrected chi connectivity index (χ4v) is 5.15. The maximum atomic E-state index is 12.8. The van der Waals surface area contributed by atoms with Crippen LogP contribution in [0.15, 0.2) is 70.6 Å². The minimum Gasteiger partial charge on any atom is -0.260 e. The smallest absolute Gasteiger partial charge is 0.260 e. The van der Waals surface area contributed by atoms with E-state index in [1.807, 2.05) is 36.4 Å². The summed E-state index contributed by atoms with van der Waals surface area (Å²) in [5.41, 5.74) is 1.16. The Labute approximate surface area is 141 Å². The minimum absolute atomic E-state index is 0.140. The molecule has 4 nitrogen and oxygen atoms in total. The fourth-order valence-electron chi connectivity index (χ4n) is 2.40. The number of benzene rings is 2. The van der Waals surface area contributed by atoms with Crippen molar-refractivity contribution >= 4 is 27.0 Å². The van der Waals surface area contributed by atoms with Crippen molar-refractivity contribution in [3.05, 3.63) is 66.2 Å². The van der Waals surface area contributed by atoms with Gasteiger partial charge in [-0.3, -0.25) is 4.99 Å². The predicted octanol–water partition coefficient (Wildman–Crippen LogP) is 3.54. The lowest BCUT2D eigenvalue weighted by Gasteiger charge is -2.22. The van der Waals surface area contributed by atoms with Crippen LogP contribution in [-0.2, 0) is 10.0 Å². The van der Waals surface area contributed by atoms with E-state index >= 15 is 0 Å². The van der Waals surface area contributed by atoms with E-state index in [9.17, 15) is 8.42 Å². The average molecular weight is 346 g/mol. The topological polar surface area (TPSA) is 49.7 Å². The first kappa shape index (κ1) is 16.1. The van der Waals surface area contributed by atoms with Gasteiger partial charge >= 0.3 is 0 Å². The number of amidine groups is 1. The molecular weight excluding hydrogens is 328 g/mol. The van der Waals surface area contributed by atoms with Gasteiger partial charge in [0.1, 0.15) is 0 Å². The first-order valence-electron chi connectivity index (χ1n) is 7.43. The van der Waals surface area contributed by atoms with Crippen LogP contribution in [-0.4, -0.2) is 31.0 Å². The van der Waals surface area contributed by atoms with Crippen molar-refractivity contribution in [3.8, 4) is 0 Å². The Hall–Kier alpha value is -1.79. The summed E-state index contributed by atoms with van der Waals surface area (Å²) in [6.45, 7) is 2.98. The van der Waals surface area contributed by atoms with E-state index in [0.717, 1.165) is 5.56 Å². The first-order valence-corrected chi connectivity index (χ1v) is 9.75. The Bertz CT molecular complexity index is 790. The molecule has 1 aliphatic heterocycles. The molecule has 0 amide bonds. The highest BCUT2D eigenvalue weighted by Gasteiger charge is 2.31. The molecule has 0 N–H and O–H groups in total. The second-order valence-electron chi connectivity index (χ2n) is 5.23. The van der Waals surface area contributed by atoms with Crippen LogP contribution in [0.25, 0.3) is 0 Å². The van der Waals surface area contributed by atoms with Crippen molar-refractivity contribution < 1.29 is 8.42 Å². The van der Waals surface area contributed by atoms with Crippen molar-refractivity contribution in [2.75, 3.05) is 13.1 Å². The van der Waals surface area contributed by atoms with Gasteiger partial charge in [0.2, 0.25) is 0 Å². The van der Waals surface area contributed by atoms with E-state index in [1.165, 1.54) is 16.1 Å². The van der Waals surface area contributed by atoms with E-state index in [4.69, 9.17) is 0 Å². The molecule has 0 saturated heterocycles. The maximum Gasteiger partial charge on any atom is 0.265 e. The highest BCUT2D eigenvalue weighted by molar-refractivity contribution is 8.15. The molecule has 1 atom stereocenters. The second kappa shape index (κ2) is 6.76. The molecule has 1 aliphatic rings. The summed E-state index contributed by atoms with van der Waals surface area (Å²) in [5, 5.41) is 0.715. The largest absolute Gasteiger partial charge is 0.265 e. The third-order valence-electron chi connectivity index (χ3n) is 3.65. The number of aliphatic imine (C=N–C) groups is 1. The van der Waals surface area contributed by atoms with Gasteiger partial charge in [-0.25, -0.2) is 12.7 Å². The first-order chi connectivity index (χ1) is 11.1. The number of nitrogens with zero attached hydrogens (tertiary/aromatic N) is 2. The molecule has 0 saturated carbocycles. The lowest BCUT2D eigenvalue weighted by molar-refractivity contribution is 0.540. The predicted molar refractivity (Wildman–Crippen MR) is 95.1 cm³/mol. The molecule has 0 radical (unpaired) electrons. The normalized spacial score (nSPS) is 16.2. The molecule has 0 bridgehead atoms. The van der Waals surface area contributed by atoms with Crippen LogP contribution in [0.5, 0.6) is 0 Å². The third kappa shape index (κ3) is 3.43. The SMILES string of the molecule is CC(SC1=NCCN1S(=O)(=O)c1ccccc1)c1ccccc1. The summed E-state index contributed by atoms with van der Waals surface area (Å²) in [7, 11) is -3.53. The second-order valence-corrected chi connectivity index (χ2v) is 8.40. The van der Waals surface area contributed by atoms with Crippen LogP contribution >= 0.6 is 11.8 Å². The number of rotatable bonds is 4. The quantitative estimate of drug-likeness (QED) is 0.851. The van der Waals surface area contributed by atoms with E-state index < -0.39 is 10.0 Å².